The molecule has 1 N–H and O–H groups in total. The van der Waals surface area contributed by atoms with Gasteiger partial charge in [0.25, 0.3) is 0 Å². The van der Waals surface area contributed by atoms with Gasteiger partial charge >= 0.3 is 0 Å². The van der Waals surface area contributed by atoms with Gasteiger partial charge in [-0.25, -0.2) is 0 Å². The fraction of sp³-hybridized carbons (Fsp3) is 0.800. The van der Waals surface area contributed by atoms with Gasteiger partial charge in [-0.05, 0) is 50.4 Å². The maximum atomic E-state index is 12.5. The van der Waals surface area contributed by atoms with Crippen LogP contribution in [0.5, 0.6) is 0 Å². The Hall–Kier alpha value is -1.12. The molecule has 3 heteroatoms. The number of amides is 2. The Morgan fingerprint density at radius 2 is 1.04 bits per heavy atom. The number of hydrogen-bond acceptors (Lipinski definition) is 2. The van der Waals surface area contributed by atoms with Crippen molar-refractivity contribution in [3.05, 3.63) is 11.1 Å². The number of allylic oxidation sites excluding steroid dienone is 2. The highest BCUT2D eigenvalue weighted by Crippen LogP contribution is 2.52. The number of rotatable bonds is 0. The first-order valence-electron chi connectivity index (χ1n) is 9.84. The quantitative estimate of drug-likeness (QED) is 0.540. The fourth-order valence-electron chi connectivity index (χ4n) is 5.86. The van der Waals surface area contributed by atoms with E-state index in [1.165, 1.54) is 64.2 Å². The number of imide groups is 1. The first-order valence-corrected chi connectivity index (χ1v) is 9.84. The maximum absolute atomic E-state index is 12.5. The summed E-state index contributed by atoms with van der Waals surface area (Å²) in [5, 5.41) is 2.69. The monoisotopic (exact) mass is 315 g/mol. The van der Waals surface area contributed by atoms with E-state index in [-0.39, 0.29) is 23.7 Å². The predicted molar refractivity (Wildman–Crippen MR) is 89.5 cm³/mol. The summed E-state index contributed by atoms with van der Waals surface area (Å²) in [6, 6.07) is 0. The van der Waals surface area contributed by atoms with Crippen molar-refractivity contribution in [1.82, 2.24) is 5.32 Å². The third-order valence-corrected chi connectivity index (χ3v) is 6.84. The molecule has 3 fully saturated rings. The molecule has 3 nitrogen and oxygen atoms in total. The first kappa shape index (κ1) is 15.4. The number of hydrogen-bond donors (Lipinski definition) is 1. The van der Waals surface area contributed by atoms with E-state index < -0.39 is 0 Å². The molecule has 0 aromatic rings. The minimum Gasteiger partial charge on any atom is -0.296 e. The topological polar surface area (TPSA) is 46.2 Å². The summed E-state index contributed by atoms with van der Waals surface area (Å²) < 4.78 is 0. The van der Waals surface area contributed by atoms with Crippen LogP contribution >= 0.6 is 0 Å². The van der Waals surface area contributed by atoms with E-state index in [1.54, 1.807) is 11.1 Å². The van der Waals surface area contributed by atoms with E-state index in [2.05, 4.69) is 5.32 Å². The van der Waals surface area contributed by atoms with E-state index >= 15 is 0 Å². The van der Waals surface area contributed by atoms with E-state index in [4.69, 9.17) is 0 Å². The molecule has 0 bridgehead atoms. The Balaban J connectivity index is 1.78. The Labute approximate surface area is 139 Å². The second-order valence-electron chi connectivity index (χ2n) is 8.07. The Kier molecular flexibility index (Phi) is 4.29. The molecule has 23 heavy (non-hydrogen) atoms. The minimum absolute atomic E-state index is 0.0317. The molecule has 1 heterocycles. The Bertz CT molecular complexity index is 490. The van der Waals surface area contributed by atoms with Crippen LogP contribution in [0.1, 0.15) is 77.0 Å². The molecule has 4 rings (SSSR count). The second-order valence-corrected chi connectivity index (χ2v) is 8.07. The zero-order valence-corrected chi connectivity index (χ0v) is 14.1. The van der Waals surface area contributed by atoms with Gasteiger partial charge < -0.3 is 0 Å². The van der Waals surface area contributed by atoms with Crippen molar-refractivity contribution in [2.45, 2.75) is 77.0 Å². The van der Waals surface area contributed by atoms with Gasteiger partial charge in [-0.3, -0.25) is 14.9 Å². The predicted octanol–water partition coefficient (Wildman–Crippen LogP) is 4.13. The standard InChI is InChI=1S/C20H29NO2/c22-19-17-15-11-7-3-1-5-9-13(15)14-10-6-2-4-8-12-16(14)18(17)20(23)21-19/h15-18H,1-12H2,(H,21,22,23)/t15-,16+,17+,18-. The summed E-state index contributed by atoms with van der Waals surface area (Å²) in [4.78, 5) is 25.1. The maximum Gasteiger partial charge on any atom is 0.231 e. The first-order chi connectivity index (χ1) is 11.3. The van der Waals surface area contributed by atoms with Crippen LogP contribution in [-0.4, -0.2) is 11.8 Å². The highest BCUT2D eigenvalue weighted by Gasteiger charge is 2.53. The molecule has 0 spiro atoms. The zero-order chi connectivity index (χ0) is 15.8. The molecule has 2 saturated carbocycles. The van der Waals surface area contributed by atoms with Crippen LogP contribution in [0.25, 0.3) is 0 Å². The van der Waals surface area contributed by atoms with E-state index in [0.717, 1.165) is 12.8 Å². The fourth-order valence-corrected chi connectivity index (χ4v) is 5.86. The van der Waals surface area contributed by atoms with Gasteiger partial charge in [0.05, 0.1) is 11.8 Å². The van der Waals surface area contributed by atoms with E-state index in [0.29, 0.717) is 11.8 Å². The normalized spacial score (nSPS) is 38.4. The largest absolute Gasteiger partial charge is 0.296 e. The lowest BCUT2D eigenvalue weighted by atomic mass is 9.60. The summed E-state index contributed by atoms with van der Waals surface area (Å²) in [6.07, 6.45) is 14.8. The van der Waals surface area contributed by atoms with Crippen molar-refractivity contribution in [2.24, 2.45) is 23.7 Å². The van der Waals surface area contributed by atoms with Crippen molar-refractivity contribution >= 4 is 11.8 Å². The number of carbonyl (C=O) groups is 2. The lowest BCUT2D eigenvalue weighted by Gasteiger charge is -2.42. The highest BCUT2D eigenvalue weighted by molar-refractivity contribution is 6.06. The molecule has 4 atom stereocenters. The van der Waals surface area contributed by atoms with Gasteiger partial charge in [0, 0.05) is 0 Å². The van der Waals surface area contributed by atoms with Crippen LogP contribution in [-0.2, 0) is 9.59 Å². The molecule has 0 radical (unpaired) electrons. The molecule has 0 aromatic carbocycles. The van der Waals surface area contributed by atoms with Crippen LogP contribution in [0.4, 0.5) is 0 Å². The molecular weight excluding hydrogens is 286 g/mol. The summed E-state index contributed by atoms with van der Waals surface area (Å²) >= 11 is 0. The van der Waals surface area contributed by atoms with Crippen molar-refractivity contribution < 1.29 is 9.59 Å². The van der Waals surface area contributed by atoms with Gasteiger partial charge in [-0.1, -0.05) is 49.7 Å². The van der Waals surface area contributed by atoms with Crippen molar-refractivity contribution in [1.29, 1.82) is 0 Å². The average Bonchev–Trinajstić information content (AvgIpc) is 2.75. The molecule has 1 aliphatic heterocycles. The van der Waals surface area contributed by atoms with Gasteiger partial charge in [-0.2, -0.15) is 0 Å². The van der Waals surface area contributed by atoms with E-state index in [9.17, 15) is 9.59 Å². The van der Waals surface area contributed by atoms with Crippen LogP contribution in [0, 0.1) is 23.7 Å². The van der Waals surface area contributed by atoms with Gasteiger partial charge in [0.1, 0.15) is 0 Å². The van der Waals surface area contributed by atoms with Crippen molar-refractivity contribution in [2.75, 3.05) is 0 Å². The second kappa shape index (κ2) is 6.41. The van der Waals surface area contributed by atoms with Crippen LogP contribution in [0.2, 0.25) is 0 Å². The molecule has 0 unspecified atom stereocenters. The van der Waals surface area contributed by atoms with Crippen LogP contribution in [0.3, 0.4) is 0 Å². The summed E-state index contributed by atoms with van der Waals surface area (Å²) in [5.74, 6) is 0.677. The number of fused-ring (bicyclic) bond motifs is 5. The van der Waals surface area contributed by atoms with Crippen molar-refractivity contribution in [3.63, 3.8) is 0 Å². The molecule has 2 amide bonds. The summed E-state index contributed by atoms with van der Waals surface area (Å²) in [7, 11) is 0. The third-order valence-electron chi connectivity index (χ3n) is 6.84. The van der Waals surface area contributed by atoms with Gasteiger partial charge in [0.2, 0.25) is 11.8 Å². The van der Waals surface area contributed by atoms with Crippen LogP contribution in [0.15, 0.2) is 11.1 Å². The van der Waals surface area contributed by atoms with E-state index in [1.807, 2.05) is 0 Å². The molecule has 1 saturated heterocycles. The number of carbonyl (C=O) groups excluding carboxylic acids is 2. The van der Waals surface area contributed by atoms with Gasteiger partial charge in [0.15, 0.2) is 0 Å². The summed E-state index contributed by atoms with van der Waals surface area (Å²) in [5.41, 5.74) is 3.23. The third kappa shape index (κ3) is 2.66. The lowest BCUT2D eigenvalue weighted by Crippen LogP contribution is -2.39. The summed E-state index contributed by atoms with van der Waals surface area (Å²) in [6.45, 7) is 0. The molecule has 4 aliphatic rings. The highest BCUT2D eigenvalue weighted by atomic mass is 16.2. The SMILES string of the molecule is O=C1NC(=O)[C@H]2[C@@H]1[C@@H]1CCCCCCC1=C1CCCCCC[C@@H]12. The number of nitrogens with one attached hydrogen (secondary N) is 1. The Morgan fingerprint density at radius 1 is 0.609 bits per heavy atom. The zero-order valence-electron chi connectivity index (χ0n) is 14.1. The van der Waals surface area contributed by atoms with Crippen LogP contribution < -0.4 is 5.32 Å². The molecular formula is C20H29NO2. The minimum atomic E-state index is -0.0521. The molecule has 126 valence electrons. The smallest absolute Gasteiger partial charge is 0.231 e. The molecule has 3 aliphatic carbocycles. The van der Waals surface area contributed by atoms with Crippen molar-refractivity contribution in [3.8, 4) is 0 Å². The Morgan fingerprint density at radius 3 is 1.52 bits per heavy atom. The lowest BCUT2D eigenvalue weighted by molar-refractivity contribution is -0.126. The molecule has 0 aromatic heterocycles. The van der Waals surface area contributed by atoms with Gasteiger partial charge in [-0.15, -0.1) is 0 Å². The average molecular weight is 315 g/mol.